The molecule has 0 saturated carbocycles. The molecule has 0 fully saturated rings. The van der Waals surface area contributed by atoms with Gasteiger partial charge < -0.3 is 10.2 Å². The number of aliphatic carboxylic acids is 1. The van der Waals surface area contributed by atoms with Crippen LogP contribution in [0.25, 0.3) is 0 Å². The van der Waals surface area contributed by atoms with Crippen LogP contribution in [0.5, 0.6) is 5.75 Å². The summed E-state index contributed by atoms with van der Waals surface area (Å²) < 4.78 is 13.6. The van der Waals surface area contributed by atoms with Gasteiger partial charge in [0.25, 0.3) is 0 Å². The molecule has 94 valence electrons. The minimum absolute atomic E-state index is 0.0144. The van der Waals surface area contributed by atoms with Crippen LogP contribution in [0.4, 0.5) is 4.39 Å². The molecule has 1 unspecified atom stereocenters. The van der Waals surface area contributed by atoms with Crippen LogP contribution in [0.2, 0.25) is 0 Å². The highest BCUT2D eigenvalue weighted by atomic mass is 19.1. The number of carboxylic acid groups (broad SMARTS) is 1. The van der Waals surface area contributed by atoms with Crippen molar-refractivity contribution in [3.05, 3.63) is 29.6 Å². The highest BCUT2D eigenvalue weighted by molar-refractivity contribution is 5.66. The Morgan fingerprint density at radius 1 is 1.53 bits per heavy atom. The summed E-state index contributed by atoms with van der Waals surface area (Å²) in [5.41, 5.74) is 0.440. The first kappa shape index (κ1) is 13.4. The molecule has 0 aliphatic carbocycles. The molecule has 0 aliphatic heterocycles. The van der Waals surface area contributed by atoms with Crippen molar-refractivity contribution in [1.29, 1.82) is 0 Å². The fourth-order valence-electron chi connectivity index (χ4n) is 1.56. The van der Waals surface area contributed by atoms with Gasteiger partial charge >= 0.3 is 5.97 Å². The second-order valence-electron chi connectivity index (χ2n) is 4.01. The molecule has 2 N–H and O–H groups in total. The molecule has 4 nitrogen and oxygen atoms in total. The van der Waals surface area contributed by atoms with Gasteiger partial charge in [-0.05, 0) is 20.0 Å². The average molecular weight is 241 g/mol. The Balaban J connectivity index is 2.74. The molecule has 0 heterocycles. The second-order valence-corrected chi connectivity index (χ2v) is 4.01. The van der Waals surface area contributed by atoms with E-state index in [0.717, 1.165) is 6.07 Å². The van der Waals surface area contributed by atoms with E-state index < -0.39 is 11.8 Å². The van der Waals surface area contributed by atoms with Crippen molar-refractivity contribution in [1.82, 2.24) is 4.90 Å². The SMILES string of the molecule is CC(c1ccc(O)cc1F)N(C)CCC(=O)O. The summed E-state index contributed by atoms with van der Waals surface area (Å²) in [6.45, 7) is 2.13. The van der Waals surface area contributed by atoms with Crippen molar-refractivity contribution in [3.8, 4) is 5.75 Å². The lowest BCUT2D eigenvalue weighted by Crippen LogP contribution is -2.25. The molecule has 0 bridgehead atoms. The molecule has 1 atom stereocenters. The zero-order valence-electron chi connectivity index (χ0n) is 9.85. The lowest BCUT2D eigenvalue weighted by molar-refractivity contribution is -0.137. The maximum atomic E-state index is 13.6. The molecule has 0 amide bonds. The molecule has 0 saturated heterocycles. The van der Waals surface area contributed by atoms with E-state index in [9.17, 15) is 9.18 Å². The fraction of sp³-hybridized carbons (Fsp3) is 0.417. The minimum atomic E-state index is -0.879. The van der Waals surface area contributed by atoms with Crippen molar-refractivity contribution in [2.45, 2.75) is 19.4 Å². The predicted molar refractivity (Wildman–Crippen MR) is 61.4 cm³/mol. The number of nitrogens with zero attached hydrogens (tertiary/aromatic N) is 1. The summed E-state index contributed by atoms with van der Waals surface area (Å²) in [4.78, 5) is 12.2. The Bertz CT molecular complexity index is 409. The minimum Gasteiger partial charge on any atom is -0.508 e. The average Bonchev–Trinajstić information content (AvgIpc) is 2.25. The van der Waals surface area contributed by atoms with E-state index in [4.69, 9.17) is 10.2 Å². The number of carboxylic acids is 1. The molecule has 1 aromatic carbocycles. The normalized spacial score (nSPS) is 12.7. The van der Waals surface area contributed by atoms with E-state index in [-0.39, 0.29) is 18.2 Å². The largest absolute Gasteiger partial charge is 0.508 e. The highest BCUT2D eigenvalue weighted by Crippen LogP contribution is 2.24. The Morgan fingerprint density at radius 3 is 2.71 bits per heavy atom. The van der Waals surface area contributed by atoms with Crippen molar-refractivity contribution >= 4 is 5.97 Å². The summed E-state index contributed by atoms with van der Waals surface area (Å²) in [5, 5.41) is 17.7. The van der Waals surface area contributed by atoms with Gasteiger partial charge in [0.2, 0.25) is 0 Å². The Hall–Kier alpha value is -1.62. The summed E-state index contributed by atoms with van der Waals surface area (Å²) in [7, 11) is 1.74. The van der Waals surface area contributed by atoms with Crippen LogP contribution in [0.15, 0.2) is 18.2 Å². The van der Waals surface area contributed by atoms with Gasteiger partial charge in [0, 0.05) is 24.2 Å². The van der Waals surface area contributed by atoms with E-state index in [1.165, 1.54) is 12.1 Å². The van der Waals surface area contributed by atoms with Crippen LogP contribution in [0, 0.1) is 5.82 Å². The van der Waals surface area contributed by atoms with Crippen molar-refractivity contribution in [2.24, 2.45) is 0 Å². The number of rotatable bonds is 5. The molecule has 0 spiro atoms. The van der Waals surface area contributed by atoms with Crippen molar-refractivity contribution in [2.75, 3.05) is 13.6 Å². The number of aromatic hydroxyl groups is 1. The third kappa shape index (κ3) is 3.71. The third-order valence-corrected chi connectivity index (χ3v) is 2.77. The molecule has 1 rings (SSSR count). The van der Waals surface area contributed by atoms with Crippen LogP contribution < -0.4 is 0 Å². The smallest absolute Gasteiger partial charge is 0.304 e. The van der Waals surface area contributed by atoms with Crippen LogP contribution in [0.1, 0.15) is 24.9 Å². The van der Waals surface area contributed by atoms with E-state index in [2.05, 4.69) is 0 Å². The van der Waals surface area contributed by atoms with Crippen LogP contribution >= 0.6 is 0 Å². The Kier molecular flexibility index (Phi) is 4.45. The van der Waals surface area contributed by atoms with Crippen molar-refractivity contribution < 1.29 is 19.4 Å². The zero-order chi connectivity index (χ0) is 13.0. The zero-order valence-corrected chi connectivity index (χ0v) is 9.85. The monoisotopic (exact) mass is 241 g/mol. The molecule has 0 aliphatic rings. The molecule has 17 heavy (non-hydrogen) atoms. The molecule has 0 aromatic heterocycles. The van der Waals surface area contributed by atoms with E-state index >= 15 is 0 Å². The quantitative estimate of drug-likeness (QED) is 0.827. The number of phenols is 1. The van der Waals surface area contributed by atoms with Gasteiger partial charge in [-0.3, -0.25) is 9.69 Å². The number of phenolic OH excluding ortho intramolecular Hbond substituents is 1. The lowest BCUT2D eigenvalue weighted by Gasteiger charge is -2.24. The highest BCUT2D eigenvalue weighted by Gasteiger charge is 2.16. The lowest BCUT2D eigenvalue weighted by atomic mass is 10.1. The topological polar surface area (TPSA) is 60.8 Å². The number of hydrogen-bond acceptors (Lipinski definition) is 3. The first-order chi connectivity index (χ1) is 7.91. The van der Waals surface area contributed by atoms with Crippen LogP contribution in [-0.4, -0.2) is 34.7 Å². The van der Waals surface area contributed by atoms with Crippen molar-refractivity contribution in [3.63, 3.8) is 0 Å². The van der Waals surface area contributed by atoms with Gasteiger partial charge in [-0.15, -0.1) is 0 Å². The maximum Gasteiger partial charge on any atom is 0.304 e. The number of halogens is 1. The van der Waals surface area contributed by atoms with Crippen LogP contribution in [-0.2, 0) is 4.79 Å². The first-order valence-electron chi connectivity index (χ1n) is 5.32. The Labute approximate surface area is 99.3 Å². The second kappa shape index (κ2) is 5.63. The number of benzene rings is 1. The Morgan fingerprint density at radius 2 is 2.18 bits per heavy atom. The fourth-order valence-corrected chi connectivity index (χ4v) is 1.56. The van der Waals surface area contributed by atoms with Gasteiger partial charge in [-0.1, -0.05) is 6.07 Å². The molecule has 0 radical (unpaired) electrons. The molecule has 1 aromatic rings. The van der Waals surface area contributed by atoms with Gasteiger partial charge in [-0.25, -0.2) is 4.39 Å². The first-order valence-corrected chi connectivity index (χ1v) is 5.32. The van der Waals surface area contributed by atoms with E-state index in [1.54, 1.807) is 18.9 Å². The third-order valence-electron chi connectivity index (χ3n) is 2.77. The standard InChI is InChI=1S/C12H16FNO3/c1-8(14(2)6-5-12(16)17)10-4-3-9(15)7-11(10)13/h3-4,7-8,15H,5-6H2,1-2H3,(H,16,17). The summed E-state index contributed by atoms with van der Waals surface area (Å²) in [6.07, 6.45) is 0.0144. The summed E-state index contributed by atoms with van der Waals surface area (Å²) >= 11 is 0. The van der Waals surface area contributed by atoms with Gasteiger partial charge in [0.1, 0.15) is 11.6 Å². The van der Waals surface area contributed by atoms with E-state index in [0.29, 0.717) is 12.1 Å². The van der Waals surface area contributed by atoms with Gasteiger partial charge in [0.15, 0.2) is 0 Å². The van der Waals surface area contributed by atoms with Gasteiger partial charge in [0.05, 0.1) is 6.42 Å². The number of carbonyl (C=O) groups is 1. The van der Waals surface area contributed by atoms with Gasteiger partial charge in [-0.2, -0.15) is 0 Å². The maximum absolute atomic E-state index is 13.6. The van der Waals surface area contributed by atoms with E-state index in [1.807, 2.05) is 0 Å². The predicted octanol–water partition coefficient (Wildman–Crippen LogP) is 2.00. The van der Waals surface area contributed by atoms with Crippen LogP contribution in [0.3, 0.4) is 0 Å². The summed E-state index contributed by atoms with van der Waals surface area (Å²) in [5.74, 6) is -1.48. The number of hydrogen-bond donors (Lipinski definition) is 2. The summed E-state index contributed by atoms with van der Waals surface area (Å²) in [6, 6.07) is 3.73. The molecule has 5 heteroatoms. The molecular weight excluding hydrogens is 225 g/mol. The molecular formula is C12H16FNO3.